The summed E-state index contributed by atoms with van der Waals surface area (Å²) in [6, 6.07) is -0.296. The molecule has 1 unspecified atom stereocenters. The summed E-state index contributed by atoms with van der Waals surface area (Å²) in [5.74, 6) is -0.598. The van der Waals surface area contributed by atoms with E-state index < -0.39 is 24.4 Å². The minimum atomic E-state index is -3.94. The van der Waals surface area contributed by atoms with Gasteiger partial charge in [0.05, 0.1) is 12.9 Å². The molecule has 0 amide bonds. The third-order valence-electron chi connectivity index (χ3n) is 3.88. The van der Waals surface area contributed by atoms with Crippen molar-refractivity contribution < 1.29 is 18.4 Å². The maximum atomic E-state index is 14.1. The van der Waals surface area contributed by atoms with Crippen molar-refractivity contribution >= 4 is 36.2 Å². The summed E-state index contributed by atoms with van der Waals surface area (Å²) < 4.78 is 31.5. The first kappa shape index (κ1) is 16.4. The summed E-state index contributed by atoms with van der Waals surface area (Å²) in [5.41, 5.74) is 5.49. The van der Waals surface area contributed by atoms with Crippen LogP contribution in [0.3, 0.4) is 0 Å². The van der Waals surface area contributed by atoms with Gasteiger partial charge in [-0.25, -0.2) is 13.9 Å². The molecule has 3 rings (SSSR count). The van der Waals surface area contributed by atoms with Gasteiger partial charge in [0.25, 0.3) is 5.56 Å². The highest BCUT2D eigenvalue weighted by Gasteiger charge is 2.37. The molecule has 1 aliphatic carbocycles. The Morgan fingerprint density at radius 3 is 3.04 bits per heavy atom. The molecule has 0 aromatic carbocycles. The van der Waals surface area contributed by atoms with Crippen LogP contribution in [0.25, 0.3) is 11.2 Å². The van der Waals surface area contributed by atoms with Crippen LogP contribution in [-0.2, 0) is 9.09 Å². The molecule has 12 heteroatoms. The number of imidazole rings is 1. The zero-order chi connectivity index (χ0) is 16.8. The van der Waals surface area contributed by atoms with E-state index in [0.717, 1.165) is 0 Å². The number of nitrogens with two attached hydrogens (primary N) is 1. The second-order valence-corrected chi connectivity index (χ2v) is 8.22. The molecule has 1 fully saturated rings. The highest BCUT2D eigenvalue weighted by molar-refractivity contribution is 8.44. The first-order valence-corrected chi connectivity index (χ1v) is 9.54. The van der Waals surface area contributed by atoms with Gasteiger partial charge in [-0.1, -0.05) is 12.2 Å². The molecule has 9 nitrogen and oxygen atoms in total. The molecule has 0 spiro atoms. The number of thiol groups is 1. The lowest BCUT2D eigenvalue weighted by Crippen LogP contribution is -2.14. The standard InChI is InChI=1S/C11H15FN5O4PS/c12-7-2-6(1-5(7)3-21-22(19,20)23)17-4-14-8-9(17)15-11(13)16-10(8)18/h4-7H,1-3H2,(H2,19,20,23)(H3,13,15,16,18)/t5-,6-,7-/m1/s1. The molecular weight excluding hydrogens is 348 g/mol. The molecule has 126 valence electrons. The van der Waals surface area contributed by atoms with Crippen molar-refractivity contribution in [3.05, 3.63) is 16.7 Å². The van der Waals surface area contributed by atoms with Crippen LogP contribution < -0.4 is 11.3 Å². The second-order valence-electron chi connectivity index (χ2n) is 5.46. The topological polar surface area (TPSA) is 136 Å². The number of alkyl halides is 1. The Hall–Kier alpha value is -1.42. The van der Waals surface area contributed by atoms with Crippen molar-refractivity contribution in [2.75, 3.05) is 12.3 Å². The fourth-order valence-electron chi connectivity index (χ4n) is 2.85. The van der Waals surface area contributed by atoms with Gasteiger partial charge in [-0.15, -0.1) is 0 Å². The van der Waals surface area contributed by atoms with E-state index in [4.69, 9.17) is 15.2 Å². The Morgan fingerprint density at radius 2 is 2.35 bits per heavy atom. The molecule has 23 heavy (non-hydrogen) atoms. The largest absolute Gasteiger partial charge is 0.383 e. The summed E-state index contributed by atoms with van der Waals surface area (Å²) in [4.78, 5) is 31.2. The first-order valence-electron chi connectivity index (χ1n) is 6.81. The minimum Gasteiger partial charge on any atom is -0.369 e. The van der Waals surface area contributed by atoms with Crippen molar-refractivity contribution in [2.45, 2.75) is 25.1 Å². The van der Waals surface area contributed by atoms with Gasteiger partial charge < -0.3 is 19.7 Å². The molecule has 1 aliphatic rings. The van der Waals surface area contributed by atoms with Gasteiger partial charge in [0.2, 0.25) is 5.95 Å². The third-order valence-corrected chi connectivity index (χ3v) is 4.72. The number of hydrogen-bond donors (Lipinski definition) is 4. The highest BCUT2D eigenvalue weighted by Crippen LogP contribution is 2.48. The van der Waals surface area contributed by atoms with Gasteiger partial charge in [-0.2, -0.15) is 4.98 Å². The summed E-state index contributed by atoms with van der Waals surface area (Å²) in [6.45, 7) is -4.15. The lowest BCUT2D eigenvalue weighted by molar-refractivity contribution is 0.169. The Labute approximate surface area is 134 Å². The van der Waals surface area contributed by atoms with E-state index in [-0.39, 0.29) is 36.2 Å². The molecule has 0 radical (unpaired) electrons. The molecule has 0 saturated heterocycles. The van der Waals surface area contributed by atoms with Crippen LogP contribution in [0.1, 0.15) is 18.9 Å². The van der Waals surface area contributed by atoms with Crippen LogP contribution in [0.5, 0.6) is 0 Å². The number of nitrogens with one attached hydrogen (secondary N) is 1. The van der Waals surface area contributed by atoms with E-state index in [0.29, 0.717) is 6.42 Å². The van der Waals surface area contributed by atoms with Crippen LogP contribution in [0.2, 0.25) is 0 Å². The molecule has 2 heterocycles. The molecule has 4 N–H and O–H groups in total. The Balaban J connectivity index is 1.84. The number of aromatic nitrogens is 4. The van der Waals surface area contributed by atoms with Crippen LogP contribution in [0, 0.1) is 5.92 Å². The summed E-state index contributed by atoms with van der Waals surface area (Å²) in [7, 11) is 0. The minimum absolute atomic E-state index is 0.0461. The van der Waals surface area contributed by atoms with E-state index in [9.17, 15) is 13.8 Å². The van der Waals surface area contributed by atoms with E-state index in [2.05, 4.69) is 27.2 Å². The Kier molecular flexibility index (Phi) is 4.21. The van der Waals surface area contributed by atoms with Gasteiger partial charge in [-0.05, 0) is 12.8 Å². The lowest BCUT2D eigenvalue weighted by atomic mass is 10.1. The predicted molar refractivity (Wildman–Crippen MR) is 84.0 cm³/mol. The number of aromatic amines is 1. The van der Waals surface area contributed by atoms with Gasteiger partial charge in [0, 0.05) is 12.0 Å². The van der Waals surface area contributed by atoms with Gasteiger partial charge in [-0.3, -0.25) is 9.78 Å². The number of nitrogens with zero attached hydrogens (tertiary/aromatic N) is 3. The molecular formula is C11H15FN5O4PS. The number of nitrogen functional groups attached to an aromatic ring is 1. The van der Waals surface area contributed by atoms with Crippen LogP contribution in [0.15, 0.2) is 11.1 Å². The SMILES string of the molecule is Nc1nc2c(ncn2[C@@H]2C[C@H](COP(=O)(O)S)[C@H](F)C2)c(=O)[nH]1. The van der Waals surface area contributed by atoms with Crippen molar-refractivity contribution in [3.63, 3.8) is 0 Å². The maximum absolute atomic E-state index is 14.1. The number of H-pyrrole nitrogens is 1. The molecule has 0 bridgehead atoms. The fourth-order valence-corrected chi connectivity index (χ4v) is 3.43. The summed E-state index contributed by atoms with van der Waals surface area (Å²) in [5, 5.41) is 0. The fraction of sp³-hybridized carbons (Fsp3) is 0.545. The van der Waals surface area contributed by atoms with E-state index in [1.807, 2.05) is 0 Å². The molecule has 2 aromatic rings. The zero-order valence-corrected chi connectivity index (χ0v) is 13.6. The van der Waals surface area contributed by atoms with Crippen LogP contribution >= 0.6 is 19.0 Å². The number of halogens is 1. The average Bonchev–Trinajstić information content (AvgIpc) is 2.99. The predicted octanol–water partition coefficient (Wildman–Crippen LogP) is 1.04. The van der Waals surface area contributed by atoms with Crippen LogP contribution in [0.4, 0.5) is 10.3 Å². The van der Waals surface area contributed by atoms with Gasteiger partial charge in [0.15, 0.2) is 11.2 Å². The number of fused-ring (bicyclic) bond motifs is 1. The summed E-state index contributed by atoms with van der Waals surface area (Å²) in [6.07, 6.45) is 0.727. The Morgan fingerprint density at radius 1 is 1.61 bits per heavy atom. The molecule has 0 aliphatic heterocycles. The van der Waals surface area contributed by atoms with E-state index >= 15 is 0 Å². The quantitative estimate of drug-likeness (QED) is 0.470. The van der Waals surface area contributed by atoms with Crippen molar-refractivity contribution in [3.8, 4) is 0 Å². The monoisotopic (exact) mass is 363 g/mol. The number of rotatable bonds is 4. The van der Waals surface area contributed by atoms with Crippen molar-refractivity contribution in [2.24, 2.45) is 5.92 Å². The smallest absolute Gasteiger partial charge is 0.369 e. The van der Waals surface area contributed by atoms with Gasteiger partial charge in [0.1, 0.15) is 6.17 Å². The molecule has 4 atom stereocenters. The van der Waals surface area contributed by atoms with Gasteiger partial charge >= 0.3 is 6.80 Å². The zero-order valence-electron chi connectivity index (χ0n) is 11.8. The first-order chi connectivity index (χ1) is 10.7. The average molecular weight is 363 g/mol. The number of anilines is 1. The number of hydrogen-bond acceptors (Lipinski definition) is 6. The maximum Gasteiger partial charge on any atom is 0.383 e. The van der Waals surface area contributed by atoms with E-state index in [1.54, 1.807) is 4.57 Å². The van der Waals surface area contributed by atoms with Crippen LogP contribution in [-0.4, -0.2) is 37.2 Å². The third kappa shape index (κ3) is 3.42. The lowest BCUT2D eigenvalue weighted by Gasteiger charge is -2.14. The van der Waals surface area contributed by atoms with Crippen molar-refractivity contribution in [1.29, 1.82) is 0 Å². The second kappa shape index (κ2) is 5.90. The Bertz CT molecular complexity index is 835. The normalized spacial score (nSPS) is 27.3. The van der Waals surface area contributed by atoms with E-state index in [1.165, 1.54) is 6.33 Å². The molecule has 1 saturated carbocycles. The molecule has 2 aromatic heterocycles. The summed E-state index contributed by atoms with van der Waals surface area (Å²) >= 11 is 3.40. The highest BCUT2D eigenvalue weighted by atomic mass is 32.7. The van der Waals surface area contributed by atoms with Crippen molar-refractivity contribution in [1.82, 2.24) is 19.5 Å².